The van der Waals surface area contributed by atoms with Crippen molar-refractivity contribution in [2.75, 3.05) is 19.8 Å². The van der Waals surface area contributed by atoms with E-state index in [1.807, 2.05) is 6.92 Å². The summed E-state index contributed by atoms with van der Waals surface area (Å²) in [7, 11) is 0. The molecule has 0 aromatic carbocycles. The quantitative estimate of drug-likeness (QED) is 0.597. The highest BCUT2D eigenvalue weighted by molar-refractivity contribution is 5.03. The first-order valence-electron chi connectivity index (χ1n) is 6.78. The lowest BCUT2D eigenvalue weighted by Crippen LogP contribution is -2.42. The fraction of sp³-hybridized carbons (Fsp3) is 0.929. The fourth-order valence-electron chi connectivity index (χ4n) is 1.56. The molecule has 0 saturated heterocycles. The van der Waals surface area contributed by atoms with E-state index in [0.29, 0.717) is 6.61 Å². The predicted molar refractivity (Wildman–Crippen MR) is 71.8 cm³/mol. The molecule has 0 aliphatic carbocycles. The van der Waals surface area contributed by atoms with Gasteiger partial charge in [-0.15, -0.1) is 0 Å². The Morgan fingerprint density at radius 1 is 1.35 bits per heavy atom. The lowest BCUT2D eigenvalue weighted by Gasteiger charge is -2.22. The average molecular weight is 240 g/mol. The molecule has 3 heteroatoms. The van der Waals surface area contributed by atoms with E-state index in [1.54, 1.807) is 0 Å². The Balaban J connectivity index is 3.60. The molecule has 1 unspecified atom stereocenters. The summed E-state index contributed by atoms with van der Waals surface area (Å²) in [6.45, 7) is 10.9. The van der Waals surface area contributed by atoms with Crippen LogP contribution in [0.3, 0.4) is 0 Å². The SMILES string of the molecule is CCCNC(C)(C#N)CCOCCCC(C)C. The van der Waals surface area contributed by atoms with Crippen molar-refractivity contribution in [1.82, 2.24) is 5.32 Å². The fourth-order valence-corrected chi connectivity index (χ4v) is 1.56. The molecule has 0 radical (unpaired) electrons. The number of ether oxygens (including phenoxy) is 1. The number of nitriles is 1. The van der Waals surface area contributed by atoms with E-state index >= 15 is 0 Å². The van der Waals surface area contributed by atoms with Crippen molar-refractivity contribution in [2.24, 2.45) is 5.92 Å². The Kier molecular flexibility index (Phi) is 9.11. The van der Waals surface area contributed by atoms with Gasteiger partial charge in [-0.2, -0.15) is 5.26 Å². The number of nitrogens with zero attached hydrogens (tertiary/aromatic N) is 1. The minimum absolute atomic E-state index is 0.436. The van der Waals surface area contributed by atoms with Crippen molar-refractivity contribution < 1.29 is 4.74 Å². The molecular weight excluding hydrogens is 212 g/mol. The van der Waals surface area contributed by atoms with Crippen LogP contribution in [0.2, 0.25) is 0 Å². The third-order valence-electron chi connectivity index (χ3n) is 2.83. The van der Waals surface area contributed by atoms with Crippen molar-refractivity contribution in [3.63, 3.8) is 0 Å². The molecule has 0 rings (SSSR count). The molecule has 17 heavy (non-hydrogen) atoms. The van der Waals surface area contributed by atoms with E-state index in [0.717, 1.165) is 38.3 Å². The molecule has 0 amide bonds. The van der Waals surface area contributed by atoms with Crippen LogP contribution in [0, 0.1) is 17.2 Å². The largest absolute Gasteiger partial charge is 0.381 e. The molecule has 0 fully saturated rings. The molecule has 0 aliphatic rings. The second-order valence-electron chi connectivity index (χ2n) is 5.27. The summed E-state index contributed by atoms with van der Waals surface area (Å²) in [5, 5.41) is 12.4. The van der Waals surface area contributed by atoms with Crippen LogP contribution >= 0.6 is 0 Å². The summed E-state index contributed by atoms with van der Waals surface area (Å²) in [5.41, 5.74) is -0.436. The molecule has 0 spiro atoms. The second-order valence-corrected chi connectivity index (χ2v) is 5.27. The first kappa shape index (κ1) is 16.4. The maximum Gasteiger partial charge on any atom is 0.106 e. The van der Waals surface area contributed by atoms with Gasteiger partial charge >= 0.3 is 0 Å². The summed E-state index contributed by atoms with van der Waals surface area (Å²) in [4.78, 5) is 0. The van der Waals surface area contributed by atoms with Crippen molar-refractivity contribution in [3.05, 3.63) is 0 Å². The third-order valence-corrected chi connectivity index (χ3v) is 2.83. The monoisotopic (exact) mass is 240 g/mol. The van der Waals surface area contributed by atoms with Crippen LogP contribution in [0.4, 0.5) is 0 Å². The Morgan fingerprint density at radius 3 is 2.59 bits per heavy atom. The number of rotatable bonds is 10. The lowest BCUT2D eigenvalue weighted by molar-refractivity contribution is 0.113. The Bertz CT molecular complexity index is 223. The highest BCUT2D eigenvalue weighted by atomic mass is 16.5. The van der Waals surface area contributed by atoms with E-state index in [2.05, 4.69) is 32.2 Å². The van der Waals surface area contributed by atoms with Crippen LogP contribution in [0.5, 0.6) is 0 Å². The van der Waals surface area contributed by atoms with Gasteiger partial charge in [0.2, 0.25) is 0 Å². The van der Waals surface area contributed by atoms with E-state index in [9.17, 15) is 0 Å². The summed E-state index contributed by atoms with van der Waals surface area (Å²) in [5.74, 6) is 0.745. The zero-order valence-corrected chi connectivity index (χ0v) is 11.9. The maximum atomic E-state index is 9.12. The van der Waals surface area contributed by atoms with Crippen LogP contribution in [0.25, 0.3) is 0 Å². The molecular formula is C14H28N2O. The molecule has 3 nitrogen and oxygen atoms in total. The molecule has 0 aromatic heterocycles. The van der Waals surface area contributed by atoms with Gasteiger partial charge in [-0.25, -0.2) is 0 Å². The highest BCUT2D eigenvalue weighted by Gasteiger charge is 2.21. The van der Waals surface area contributed by atoms with Crippen LogP contribution in [-0.4, -0.2) is 25.3 Å². The molecule has 0 saturated carbocycles. The van der Waals surface area contributed by atoms with Gasteiger partial charge in [-0.3, -0.25) is 5.32 Å². The van der Waals surface area contributed by atoms with Gasteiger partial charge < -0.3 is 4.74 Å². The molecule has 0 aromatic rings. The van der Waals surface area contributed by atoms with Crippen LogP contribution in [0.15, 0.2) is 0 Å². The normalized spacial score (nSPS) is 14.6. The van der Waals surface area contributed by atoms with Crippen molar-refractivity contribution in [3.8, 4) is 6.07 Å². The van der Waals surface area contributed by atoms with Gasteiger partial charge in [0, 0.05) is 19.6 Å². The molecule has 1 N–H and O–H groups in total. The van der Waals surface area contributed by atoms with E-state index in [4.69, 9.17) is 10.00 Å². The summed E-state index contributed by atoms with van der Waals surface area (Å²) >= 11 is 0. The van der Waals surface area contributed by atoms with E-state index < -0.39 is 5.54 Å². The maximum absolute atomic E-state index is 9.12. The van der Waals surface area contributed by atoms with Gasteiger partial charge in [0.25, 0.3) is 0 Å². The lowest BCUT2D eigenvalue weighted by atomic mass is 10.0. The average Bonchev–Trinajstić information content (AvgIpc) is 2.30. The minimum Gasteiger partial charge on any atom is -0.381 e. The second kappa shape index (κ2) is 9.44. The van der Waals surface area contributed by atoms with E-state index in [-0.39, 0.29) is 0 Å². The first-order chi connectivity index (χ1) is 8.04. The zero-order valence-electron chi connectivity index (χ0n) is 11.9. The smallest absolute Gasteiger partial charge is 0.106 e. The molecule has 0 heterocycles. The number of hydrogen-bond acceptors (Lipinski definition) is 3. The standard InChI is InChI=1S/C14H28N2O/c1-5-9-16-14(4,12-15)8-11-17-10-6-7-13(2)3/h13,16H,5-11H2,1-4H3. The Labute approximate surface area is 107 Å². The topological polar surface area (TPSA) is 45.0 Å². The molecule has 0 bridgehead atoms. The minimum atomic E-state index is -0.436. The molecule has 0 aliphatic heterocycles. The van der Waals surface area contributed by atoms with Crippen LogP contribution in [0.1, 0.15) is 53.4 Å². The van der Waals surface area contributed by atoms with Gasteiger partial charge in [0.05, 0.1) is 6.07 Å². The third kappa shape index (κ3) is 9.14. The van der Waals surface area contributed by atoms with Crippen molar-refractivity contribution in [2.45, 2.75) is 58.9 Å². The first-order valence-corrected chi connectivity index (χ1v) is 6.78. The van der Waals surface area contributed by atoms with Gasteiger partial charge in [-0.05, 0) is 38.6 Å². The van der Waals surface area contributed by atoms with Gasteiger partial charge in [0.15, 0.2) is 0 Å². The predicted octanol–water partition coefficient (Wildman–Crippen LogP) is 3.11. The summed E-state index contributed by atoms with van der Waals surface area (Å²) < 4.78 is 5.57. The van der Waals surface area contributed by atoms with Gasteiger partial charge in [0.1, 0.15) is 5.54 Å². The highest BCUT2D eigenvalue weighted by Crippen LogP contribution is 2.09. The van der Waals surface area contributed by atoms with E-state index in [1.165, 1.54) is 6.42 Å². The zero-order chi connectivity index (χ0) is 13.1. The number of nitrogens with one attached hydrogen (secondary N) is 1. The molecule has 100 valence electrons. The van der Waals surface area contributed by atoms with Crippen LogP contribution < -0.4 is 5.32 Å². The van der Waals surface area contributed by atoms with Gasteiger partial charge in [-0.1, -0.05) is 20.8 Å². The number of hydrogen-bond donors (Lipinski definition) is 1. The van der Waals surface area contributed by atoms with Crippen LogP contribution in [-0.2, 0) is 4.74 Å². The molecule has 1 atom stereocenters. The van der Waals surface area contributed by atoms with Crippen molar-refractivity contribution in [1.29, 1.82) is 5.26 Å². The Hall–Kier alpha value is -0.590. The Morgan fingerprint density at radius 2 is 2.06 bits per heavy atom. The van der Waals surface area contributed by atoms with Crippen molar-refractivity contribution >= 4 is 0 Å². The summed E-state index contributed by atoms with van der Waals surface area (Å²) in [6, 6.07) is 2.33. The summed E-state index contributed by atoms with van der Waals surface area (Å²) in [6.07, 6.45) is 4.13.